The predicted molar refractivity (Wildman–Crippen MR) is 117 cm³/mol. The first kappa shape index (κ1) is 20.7. The minimum Gasteiger partial charge on any atom is -0.383 e. The number of likely N-dealkylation sites (tertiary alicyclic amines) is 1. The largest absolute Gasteiger partial charge is 0.383 e. The first-order valence-electron chi connectivity index (χ1n) is 10.5. The van der Waals surface area contributed by atoms with Gasteiger partial charge in [0.1, 0.15) is 0 Å². The van der Waals surface area contributed by atoms with E-state index in [1.165, 1.54) is 22.0 Å². The lowest BCUT2D eigenvalue weighted by Crippen LogP contribution is -2.49. The fourth-order valence-electron chi connectivity index (χ4n) is 4.00. The molecule has 2 aromatic rings. The molecule has 0 bridgehead atoms. The third-order valence-electron chi connectivity index (χ3n) is 5.72. The first-order chi connectivity index (χ1) is 13.7. The molecule has 1 aliphatic rings. The van der Waals surface area contributed by atoms with E-state index in [1.54, 1.807) is 7.11 Å². The standard InChI is InChI=1S/C22H35N5O/c1-4-17-6-5-7-20-18(16-25-21(17)20)8-11-24-22(23-2)26-19-9-12-27(13-10-19)14-15-28-3/h5-7,16,19,25H,4,8-15H2,1-3H3,(H2,23,24,26). The fourth-order valence-corrected chi connectivity index (χ4v) is 4.00. The van der Waals surface area contributed by atoms with E-state index >= 15 is 0 Å². The van der Waals surface area contributed by atoms with Gasteiger partial charge in [0.25, 0.3) is 0 Å². The van der Waals surface area contributed by atoms with Crippen molar-refractivity contribution in [3.8, 4) is 0 Å². The zero-order chi connectivity index (χ0) is 19.8. The summed E-state index contributed by atoms with van der Waals surface area (Å²) in [6, 6.07) is 7.06. The average Bonchev–Trinajstić information content (AvgIpc) is 3.15. The Morgan fingerprint density at radius 2 is 2.11 bits per heavy atom. The molecule has 1 saturated heterocycles. The number of benzene rings is 1. The maximum absolute atomic E-state index is 5.18. The lowest BCUT2D eigenvalue weighted by atomic mass is 10.1. The molecule has 3 N–H and O–H groups in total. The molecule has 1 fully saturated rings. The number of nitrogens with zero attached hydrogens (tertiary/aromatic N) is 2. The minimum atomic E-state index is 0.491. The van der Waals surface area contributed by atoms with Gasteiger partial charge in [-0.05, 0) is 36.8 Å². The number of piperidine rings is 1. The van der Waals surface area contributed by atoms with Crippen molar-refractivity contribution >= 4 is 16.9 Å². The maximum atomic E-state index is 5.18. The zero-order valence-corrected chi connectivity index (χ0v) is 17.6. The normalized spacial score (nSPS) is 16.6. The van der Waals surface area contributed by atoms with E-state index < -0.39 is 0 Å². The second kappa shape index (κ2) is 10.5. The van der Waals surface area contributed by atoms with Crippen LogP contribution < -0.4 is 10.6 Å². The van der Waals surface area contributed by atoms with Crippen molar-refractivity contribution in [2.45, 2.75) is 38.6 Å². The number of aliphatic imine (C=N–C) groups is 1. The van der Waals surface area contributed by atoms with E-state index in [4.69, 9.17) is 4.74 Å². The highest BCUT2D eigenvalue weighted by Crippen LogP contribution is 2.22. The summed E-state index contributed by atoms with van der Waals surface area (Å²) >= 11 is 0. The van der Waals surface area contributed by atoms with Gasteiger partial charge in [0.05, 0.1) is 6.61 Å². The summed E-state index contributed by atoms with van der Waals surface area (Å²) in [7, 11) is 3.62. The third-order valence-corrected chi connectivity index (χ3v) is 5.72. The number of aromatic amines is 1. The zero-order valence-electron chi connectivity index (χ0n) is 17.6. The summed E-state index contributed by atoms with van der Waals surface area (Å²) in [5.41, 5.74) is 4.02. The van der Waals surface area contributed by atoms with Crippen molar-refractivity contribution in [1.82, 2.24) is 20.5 Å². The van der Waals surface area contributed by atoms with Gasteiger partial charge in [0.15, 0.2) is 5.96 Å². The van der Waals surface area contributed by atoms with E-state index in [0.29, 0.717) is 6.04 Å². The molecule has 0 radical (unpaired) electrons. The number of H-pyrrole nitrogens is 1. The summed E-state index contributed by atoms with van der Waals surface area (Å²) in [6.45, 7) is 7.15. The molecule has 0 saturated carbocycles. The van der Waals surface area contributed by atoms with Gasteiger partial charge < -0.3 is 25.3 Å². The number of aryl methyl sites for hydroxylation is 1. The van der Waals surface area contributed by atoms with Crippen LogP contribution in [-0.4, -0.2) is 68.8 Å². The van der Waals surface area contributed by atoms with Crippen molar-refractivity contribution in [2.75, 3.05) is 46.9 Å². The van der Waals surface area contributed by atoms with Crippen molar-refractivity contribution in [3.63, 3.8) is 0 Å². The Bertz CT molecular complexity index is 761. The fraction of sp³-hybridized carbons (Fsp3) is 0.591. The molecule has 0 spiro atoms. The summed E-state index contributed by atoms with van der Waals surface area (Å²) in [5, 5.41) is 8.42. The van der Waals surface area contributed by atoms with Gasteiger partial charge in [-0.15, -0.1) is 0 Å². The van der Waals surface area contributed by atoms with Gasteiger partial charge in [-0.2, -0.15) is 0 Å². The molecule has 1 aliphatic heterocycles. The van der Waals surface area contributed by atoms with Crippen LogP contribution in [0.25, 0.3) is 10.9 Å². The second-order valence-electron chi connectivity index (χ2n) is 7.51. The van der Waals surface area contributed by atoms with Crippen molar-refractivity contribution in [3.05, 3.63) is 35.5 Å². The molecule has 28 heavy (non-hydrogen) atoms. The van der Waals surface area contributed by atoms with E-state index in [0.717, 1.165) is 64.4 Å². The highest BCUT2D eigenvalue weighted by molar-refractivity contribution is 5.86. The van der Waals surface area contributed by atoms with Gasteiger partial charge in [-0.3, -0.25) is 4.99 Å². The molecular weight excluding hydrogens is 350 g/mol. The Morgan fingerprint density at radius 1 is 1.29 bits per heavy atom. The van der Waals surface area contributed by atoms with Crippen LogP contribution in [-0.2, 0) is 17.6 Å². The Hall–Kier alpha value is -2.05. The monoisotopic (exact) mass is 385 g/mol. The summed E-state index contributed by atoms with van der Waals surface area (Å²) < 4.78 is 5.18. The number of rotatable bonds is 8. The molecule has 6 heteroatoms. The second-order valence-corrected chi connectivity index (χ2v) is 7.51. The van der Waals surface area contributed by atoms with Gasteiger partial charge in [0, 0.05) is 63.5 Å². The number of methoxy groups -OCH3 is 1. The first-order valence-corrected chi connectivity index (χ1v) is 10.5. The van der Waals surface area contributed by atoms with Crippen LogP contribution >= 0.6 is 0 Å². The van der Waals surface area contributed by atoms with Crippen molar-refractivity contribution in [1.29, 1.82) is 0 Å². The molecule has 1 aromatic heterocycles. The SMILES string of the molecule is CCc1cccc2c(CCNC(=NC)NC3CCN(CCOC)CC3)c[nH]c12. The Morgan fingerprint density at radius 3 is 2.82 bits per heavy atom. The lowest BCUT2D eigenvalue weighted by molar-refractivity contribution is 0.128. The van der Waals surface area contributed by atoms with Crippen LogP contribution in [0.15, 0.2) is 29.4 Å². The number of fused-ring (bicyclic) bond motifs is 1. The van der Waals surface area contributed by atoms with Crippen LogP contribution in [0.2, 0.25) is 0 Å². The highest BCUT2D eigenvalue weighted by atomic mass is 16.5. The quantitative estimate of drug-likeness (QED) is 0.483. The lowest BCUT2D eigenvalue weighted by Gasteiger charge is -2.32. The van der Waals surface area contributed by atoms with Crippen LogP contribution in [0.3, 0.4) is 0 Å². The van der Waals surface area contributed by atoms with E-state index in [2.05, 4.69) is 56.8 Å². The number of nitrogens with one attached hydrogen (secondary N) is 3. The minimum absolute atomic E-state index is 0.491. The van der Waals surface area contributed by atoms with Crippen LogP contribution in [0.1, 0.15) is 30.9 Å². The van der Waals surface area contributed by atoms with Crippen LogP contribution in [0.4, 0.5) is 0 Å². The Balaban J connectivity index is 1.45. The van der Waals surface area contributed by atoms with Crippen LogP contribution in [0, 0.1) is 0 Å². The number of para-hydroxylation sites is 1. The number of aromatic nitrogens is 1. The molecule has 6 nitrogen and oxygen atoms in total. The number of hydrogen-bond acceptors (Lipinski definition) is 3. The summed E-state index contributed by atoms with van der Waals surface area (Å²) in [5.74, 6) is 0.907. The smallest absolute Gasteiger partial charge is 0.191 e. The number of guanidine groups is 1. The number of hydrogen-bond donors (Lipinski definition) is 3. The van der Waals surface area contributed by atoms with Gasteiger partial charge >= 0.3 is 0 Å². The molecule has 0 aliphatic carbocycles. The predicted octanol–water partition coefficient (Wildman–Crippen LogP) is 2.55. The van der Waals surface area contributed by atoms with E-state index in [-0.39, 0.29) is 0 Å². The molecule has 3 rings (SSSR count). The van der Waals surface area contributed by atoms with Gasteiger partial charge in [-0.25, -0.2) is 0 Å². The highest BCUT2D eigenvalue weighted by Gasteiger charge is 2.19. The Kier molecular flexibility index (Phi) is 7.74. The molecule has 1 aromatic carbocycles. The summed E-state index contributed by atoms with van der Waals surface area (Å²) in [6.07, 6.45) is 6.47. The van der Waals surface area contributed by atoms with E-state index in [1.807, 2.05) is 7.05 Å². The third kappa shape index (κ3) is 5.26. The molecule has 154 valence electrons. The van der Waals surface area contributed by atoms with Crippen LogP contribution in [0.5, 0.6) is 0 Å². The molecule has 0 amide bonds. The maximum Gasteiger partial charge on any atom is 0.191 e. The molecular formula is C22H35N5O. The van der Waals surface area contributed by atoms with Gasteiger partial charge in [-0.1, -0.05) is 25.1 Å². The average molecular weight is 386 g/mol. The molecule has 0 atom stereocenters. The summed E-state index contributed by atoms with van der Waals surface area (Å²) in [4.78, 5) is 10.3. The van der Waals surface area contributed by atoms with Gasteiger partial charge in [0.2, 0.25) is 0 Å². The topological polar surface area (TPSA) is 64.7 Å². The molecule has 0 unspecified atom stereocenters. The van der Waals surface area contributed by atoms with Crippen molar-refractivity contribution < 1.29 is 4.74 Å². The van der Waals surface area contributed by atoms with Crippen molar-refractivity contribution in [2.24, 2.45) is 4.99 Å². The van der Waals surface area contributed by atoms with E-state index in [9.17, 15) is 0 Å². The number of ether oxygens (including phenoxy) is 1. The molecule has 2 heterocycles. The Labute approximate surface area is 168 Å².